The van der Waals surface area contributed by atoms with Gasteiger partial charge in [-0.05, 0) is 66.2 Å². The molecule has 0 amide bonds. The van der Waals surface area contributed by atoms with Crippen molar-refractivity contribution < 1.29 is 23.8 Å². The molecular weight excluding hydrogens is 404 g/mol. The molecule has 30 heavy (non-hydrogen) atoms. The standard InChI is InChI=1S/C24H19ClO5/c1-28-20-5-3-4-18(15-20)24(27)30-22-13-7-16(14-23(22)29-2)6-12-21(26)17-8-10-19(25)11-9-17/h3-15H,1-2H3. The zero-order chi connectivity index (χ0) is 21.5. The van der Waals surface area contributed by atoms with Crippen molar-refractivity contribution in [2.75, 3.05) is 14.2 Å². The first-order valence-corrected chi connectivity index (χ1v) is 9.40. The van der Waals surface area contributed by atoms with Crippen LogP contribution in [0.5, 0.6) is 17.2 Å². The van der Waals surface area contributed by atoms with Crippen LogP contribution in [0.4, 0.5) is 0 Å². The van der Waals surface area contributed by atoms with Gasteiger partial charge in [-0.3, -0.25) is 4.79 Å². The van der Waals surface area contributed by atoms with Gasteiger partial charge in [0.25, 0.3) is 0 Å². The van der Waals surface area contributed by atoms with Gasteiger partial charge in [-0.2, -0.15) is 0 Å². The highest BCUT2D eigenvalue weighted by atomic mass is 35.5. The van der Waals surface area contributed by atoms with Crippen molar-refractivity contribution in [1.29, 1.82) is 0 Å². The van der Waals surface area contributed by atoms with E-state index < -0.39 is 5.97 Å². The van der Waals surface area contributed by atoms with Crippen LogP contribution >= 0.6 is 11.6 Å². The normalized spacial score (nSPS) is 10.6. The number of carbonyl (C=O) groups excluding carboxylic acids is 2. The number of rotatable bonds is 7. The molecule has 3 rings (SSSR count). The molecule has 6 heteroatoms. The average Bonchev–Trinajstić information content (AvgIpc) is 2.78. The number of carbonyl (C=O) groups is 2. The summed E-state index contributed by atoms with van der Waals surface area (Å²) in [4.78, 5) is 24.7. The summed E-state index contributed by atoms with van der Waals surface area (Å²) < 4.78 is 15.9. The van der Waals surface area contributed by atoms with Crippen molar-refractivity contribution in [3.05, 3.63) is 94.5 Å². The number of esters is 1. The van der Waals surface area contributed by atoms with E-state index in [4.69, 9.17) is 25.8 Å². The van der Waals surface area contributed by atoms with Crippen molar-refractivity contribution in [3.8, 4) is 17.2 Å². The highest BCUT2D eigenvalue weighted by Gasteiger charge is 2.13. The Morgan fingerprint density at radius 2 is 1.60 bits per heavy atom. The quantitative estimate of drug-likeness (QED) is 0.218. The molecule has 0 aliphatic heterocycles. The van der Waals surface area contributed by atoms with Gasteiger partial charge in [-0.1, -0.05) is 29.8 Å². The first kappa shape index (κ1) is 21.1. The molecule has 0 saturated carbocycles. The summed E-state index contributed by atoms with van der Waals surface area (Å²) in [6, 6.07) is 18.3. The Kier molecular flexibility index (Phi) is 6.88. The summed E-state index contributed by atoms with van der Waals surface area (Å²) in [6.07, 6.45) is 3.12. The lowest BCUT2D eigenvalue weighted by atomic mass is 10.1. The third-order valence-electron chi connectivity index (χ3n) is 4.25. The summed E-state index contributed by atoms with van der Waals surface area (Å²) in [6.45, 7) is 0. The topological polar surface area (TPSA) is 61.8 Å². The van der Waals surface area contributed by atoms with E-state index in [2.05, 4.69) is 0 Å². The fourth-order valence-corrected chi connectivity index (χ4v) is 2.79. The summed E-state index contributed by atoms with van der Waals surface area (Å²) in [5, 5.41) is 0.569. The molecule has 5 nitrogen and oxygen atoms in total. The van der Waals surface area contributed by atoms with Gasteiger partial charge in [-0.15, -0.1) is 0 Å². The highest BCUT2D eigenvalue weighted by Crippen LogP contribution is 2.29. The Labute approximate surface area is 179 Å². The van der Waals surface area contributed by atoms with Gasteiger partial charge in [0, 0.05) is 10.6 Å². The minimum absolute atomic E-state index is 0.154. The Bertz CT molecular complexity index is 1090. The van der Waals surface area contributed by atoms with Gasteiger partial charge in [0.2, 0.25) is 0 Å². The van der Waals surface area contributed by atoms with Crippen LogP contribution in [0.3, 0.4) is 0 Å². The number of allylic oxidation sites excluding steroid dienone is 1. The second-order valence-electron chi connectivity index (χ2n) is 6.24. The third-order valence-corrected chi connectivity index (χ3v) is 4.50. The highest BCUT2D eigenvalue weighted by molar-refractivity contribution is 6.30. The van der Waals surface area contributed by atoms with Crippen LogP contribution in [0.25, 0.3) is 6.08 Å². The second kappa shape index (κ2) is 9.76. The lowest BCUT2D eigenvalue weighted by Crippen LogP contribution is -2.09. The van der Waals surface area contributed by atoms with Crippen molar-refractivity contribution in [2.24, 2.45) is 0 Å². The Balaban J connectivity index is 1.75. The maximum Gasteiger partial charge on any atom is 0.343 e. The lowest BCUT2D eigenvalue weighted by Gasteiger charge is -2.10. The van der Waals surface area contributed by atoms with Crippen LogP contribution in [0, 0.1) is 0 Å². The number of halogens is 1. The maximum absolute atomic E-state index is 12.4. The van der Waals surface area contributed by atoms with Gasteiger partial charge >= 0.3 is 5.97 Å². The predicted molar refractivity (Wildman–Crippen MR) is 116 cm³/mol. The van der Waals surface area contributed by atoms with Crippen LogP contribution in [0.1, 0.15) is 26.3 Å². The van der Waals surface area contributed by atoms with Gasteiger partial charge in [0.05, 0.1) is 19.8 Å². The molecule has 0 heterocycles. The van der Waals surface area contributed by atoms with E-state index in [-0.39, 0.29) is 11.5 Å². The van der Waals surface area contributed by atoms with E-state index in [1.165, 1.54) is 20.3 Å². The summed E-state index contributed by atoms with van der Waals surface area (Å²) in [7, 11) is 3.00. The van der Waals surface area contributed by atoms with Crippen molar-refractivity contribution in [1.82, 2.24) is 0 Å². The maximum atomic E-state index is 12.4. The van der Waals surface area contributed by atoms with E-state index in [9.17, 15) is 9.59 Å². The zero-order valence-electron chi connectivity index (χ0n) is 16.4. The molecule has 0 radical (unpaired) electrons. The first-order chi connectivity index (χ1) is 14.5. The fraction of sp³-hybridized carbons (Fsp3) is 0.0833. The molecule has 0 aliphatic rings. The lowest BCUT2D eigenvalue weighted by molar-refractivity contribution is 0.0729. The minimum atomic E-state index is -0.534. The van der Waals surface area contributed by atoms with Crippen LogP contribution in [-0.4, -0.2) is 26.0 Å². The zero-order valence-corrected chi connectivity index (χ0v) is 17.2. The van der Waals surface area contributed by atoms with E-state index in [1.54, 1.807) is 72.8 Å². The smallest absolute Gasteiger partial charge is 0.343 e. The van der Waals surface area contributed by atoms with Crippen LogP contribution in [0.15, 0.2) is 72.8 Å². The third kappa shape index (κ3) is 5.27. The van der Waals surface area contributed by atoms with Crippen LogP contribution in [-0.2, 0) is 0 Å². The number of ketones is 1. The first-order valence-electron chi connectivity index (χ1n) is 9.02. The number of methoxy groups -OCH3 is 2. The molecule has 3 aromatic rings. The summed E-state index contributed by atoms with van der Waals surface area (Å²) in [5.74, 6) is 0.508. The molecular formula is C24H19ClO5. The van der Waals surface area contributed by atoms with Crippen molar-refractivity contribution in [3.63, 3.8) is 0 Å². The second-order valence-corrected chi connectivity index (χ2v) is 6.67. The molecule has 0 unspecified atom stereocenters. The monoisotopic (exact) mass is 422 g/mol. The van der Waals surface area contributed by atoms with E-state index in [0.29, 0.717) is 27.6 Å². The van der Waals surface area contributed by atoms with E-state index >= 15 is 0 Å². The predicted octanol–water partition coefficient (Wildman–Crippen LogP) is 5.47. The Morgan fingerprint density at radius 1 is 0.833 bits per heavy atom. The van der Waals surface area contributed by atoms with E-state index in [1.807, 2.05) is 0 Å². The van der Waals surface area contributed by atoms with Gasteiger partial charge in [0.1, 0.15) is 5.75 Å². The molecule has 152 valence electrons. The molecule has 0 aliphatic carbocycles. The fourth-order valence-electron chi connectivity index (χ4n) is 2.66. The summed E-state index contributed by atoms with van der Waals surface area (Å²) >= 11 is 5.84. The van der Waals surface area contributed by atoms with E-state index in [0.717, 1.165) is 5.56 Å². The van der Waals surface area contributed by atoms with Crippen molar-refractivity contribution >= 4 is 29.4 Å². The average molecular weight is 423 g/mol. The number of hydrogen-bond donors (Lipinski definition) is 0. The molecule has 0 aromatic heterocycles. The van der Waals surface area contributed by atoms with Gasteiger partial charge in [0.15, 0.2) is 17.3 Å². The Hall–Kier alpha value is -3.57. The molecule has 0 atom stereocenters. The SMILES string of the molecule is COc1cccc(C(=O)Oc2ccc(C=CC(=O)c3ccc(Cl)cc3)cc2OC)c1. The Morgan fingerprint density at radius 3 is 2.30 bits per heavy atom. The van der Waals surface area contributed by atoms with Crippen LogP contribution < -0.4 is 14.2 Å². The number of ether oxygens (including phenoxy) is 3. The van der Waals surface area contributed by atoms with Crippen molar-refractivity contribution in [2.45, 2.75) is 0 Å². The number of hydrogen-bond acceptors (Lipinski definition) is 5. The molecule has 0 saturated heterocycles. The molecule has 3 aromatic carbocycles. The minimum Gasteiger partial charge on any atom is -0.497 e. The van der Waals surface area contributed by atoms with Gasteiger partial charge < -0.3 is 14.2 Å². The molecule has 0 fully saturated rings. The van der Waals surface area contributed by atoms with Gasteiger partial charge in [-0.25, -0.2) is 4.79 Å². The van der Waals surface area contributed by atoms with Crippen LogP contribution in [0.2, 0.25) is 5.02 Å². The number of benzene rings is 3. The molecule has 0 N–H and O–H groups in total. The molecule has 0 bridgehead atoms. The summed E-state index contributed by atoms with van der Waals surface area (Å²) in [5.41, 5.74) is 1.61. The largest absolute Gasteiger partial charge is 0.497 e. The molecule has 0 spiro atoms.